The van der Waals surface area contributed by atoms with Crippen LogP contribution in [0.4, 0.5) is 0 Å². The SMILES string of the molecule is C=CCCC(=O)CC(CSSC(C)(C)C)C(=O)OC. The normalized spacial score (nSPS) is 12.8. The number of hydrogen-bond acceptors (Lipinski definition) is 5. The molecule has 110 valence electrons. The molecule has 5 heteroatoms. The molecule has 0 aromatic rings. The highest BCUT2D eigenvalue weighted by atomic mass is 33.1. The van der Waals surface area contributed by atoms with E-state index in [2.05, 4.69) is 27.4 Å². The Balaban J connectivity index is 4.27. The monoisotopic (exact) mass is 304 g/mol. The Hall–Kier alpha value is -0.420. The van der Waals surface area contributed by atoms with Crippen molar-refractivity contribution in [2.24, 2.45) is 5.92 Å². The maximum absolute atomic E-state index is 11.7. The molecule has 0 N–H and O–H groups in total. The van der Waals surface area contributed by atoms with Crippen molar-refractivity contribution >= 4 is 33.3 Å². The minimum Gasteiger partial charge on any atom is -0.469 e. The largest absolute Gasteiger partial charge is 0.469 e. The molecule has 0 bridgehead atoms. The molecule has 1 unspecified atom stereocenters. The van der Waals surface area contributed by atoms with Gasteiger partial charge in [0.15, 0.2) is 0 Å². The minimum absolute atomic E-state index is 0.0941. The van der Waals surface area contributed by atoms with Crippen molar-refractivity contribution in [2.45, 2.75) is 44.8 Å². The summed E-state index contributed by atoms with van der Waals surface area (Å²) in [6.45, 7) is 9.94. The maximum atomic E-state index is 11.7. The van der Waals surface area contributed by atoms with Crippen molar-refractivity contribution in [1.29, 1.82) is 0 Å². The molecule has 0 saturated carbocycles. The first-order valence-corrected chi connectivity index (χ1v) is 8.63. The highest BCUT2D eigenvalue weighted by Gasteiger charge is 2.23. The molecule has 0 fully saturated rings. The van der Waals surface area contributed by atoms with Crippen LogP contribution in [0.5, 0.6) is 0 Å². The third kappa shape index (κ3) is 10.1. The Bertz CT molecular complexity index is 308. The number of carbonyl (C=O) groups excluding carboxylic acids is 2. The topological polar surface area (TPSA) is 43.4 Å². The van der Waals surface area contributed by atoms with Crippen LogP contribution in [0.1, 0.15) is 40.0 Å². The fourth-order valence-corrected chi connectivity index (χ4v) is 3.91. The van der Waals surface area contributed by atoms with E-state index in [0.29, 0.717) is 18.6 Å². The van der Waals surface area contributed by atoms with Crippen LogP contribution in [-0.2, 0) is 14.3 Å². The van der Waals surface area contributed by atoms with Crippen LogP contribution in [0.2, 0.25) is 0 Å². The van der Waals surface area contributed by atoms with Crippen molar-refractivity contribution < 1.29 is 14.3 Å². The number of ether oxygens (including phenoxy) is 1. The first-order valence-electron chi connectivity index (χ1n) is 6.31. The Kier molecular flexibility index (Phi) is 9.27. The Labute approximate surface area is 124 Å². The zero-order valence-electron chi connectivity index (χ0n) is 12.2. The second kappa shape index (κ2) is 9.48. The summed E-state index contributed by atoms with van der Waals surface area (Å²) < 4.78 is 4.90. The summed E-state index contributed by atoms with van der Waals surface area (Å²) in [4.78, 5) is 23.4. The number of allylic oxidation sites excluding steroid dienone is 1. The highest BCUT2D eigenvalue weighted by Crippen LogP contribution is 2.36. The maximum Gasteiger partial charge on any atom is 0.309 e. The lowest BCUT2D eigenvalue weighted by molar-refractivity contribution is -0.146. The quantitative estimate of drug-likeness (QED) is 0.367. The molecular formula is C14H24O3S2. The zero-order chi connectivity index (χ0) is 14.9. The Morgan fingerprint density at radius 3 is 2.47 bits per heavy atom. The molecule has 0 aliphatic heterocycles. The van der Waals surface area contributed by atoms with Gasteiger partial charge in [-0.05, 0) is 6.42 Å². The van der Waals surface area contributed by atoms with Gasteiger partial charge in [0.25, 0.3) is 0 Å². The number of carbonyl (C=O) groups is 2. The number of hydrogen-bond donors (Lipinski definition) is 0. The van der Waals surface area contributed by atoms with Crippen molar-refractivity contribution in [3.8, 4) is 0 Å². The molecule has 0 heterocycles. The van der Waals surface area contributed by atoms with Crippen LogP contribution in [0.15, 0.2) is 12.7 Å². The van der Waals surface area contributed by atoms with E-state index in [0.717, 1.165) is 0 Å². The van der Waals surface area contributed by atoms with Crippen LogP contribution < -0.4 is 0 Å². The third-order valence-corrected chi connectivity index (χ3v) is 5.63. The van der Waals surface area contributed by atoms with E-state index in [1.54, 1.807) is 27.7 Å². The average molecular weight is 304 g/mol. The van der Waals surface area contributed by atoms with E-state index in [1.165, 1.54) is 7.11 Å². The predicted octanol–water partition coefficient (Wildman–Crippen LogP) is 3.88. The van der Waals surface area contributed by atoms with Crippen LogP contribution in [-0.4, -0.2) is 29.4 Å². The zero-order valence-corrected chi connectivity index (χ0v) is 13.9. The summed E-state index contributed by atoms with van der Waals surface area (Å²) in [6, 6.07) is 0. The van der Waals surface area contributed by atoms with Crippen molar-refractivity contribution in [2.75, 3.05) is 12.9 Å². The summed E-state index contributed by atoms with van der Waals surface area (Å²) in [5.74, 6) is 0.0572. The van der Waals surface area contributed by atoms with Gasteiger partial charge in [-0.1, -0.05) is 48.4 Å². The lowest BCUT2D eigenvalue weighted by Gasteiger charge is -2.18. The molecule has 0 radical (unpaired) electrons. The fraction of sp³-hybridized carbons (Fsp3) is 0.714. The number of esters is 1. The van der Waals surface area contributed by atoms with Gasteiger partial charge in [0.1, 0.15) is 5.78 Å². The van der Waals surface area contributed by atoms with Gasteiger partial charge < -0.3 is 4.74 Å². The summed E-state index contributed by atoms with van der Waals surface area (Å²) in [6.07, 6.45) is 3.10. The van der Waals surface area contributed by atoms with Crippen molar-refractivity contribution in [3.05, 3.63) is 12.7 Å². The number of rotatable bonds is 9. The van der Waals surface area contributed by atoms with Gasteiger partial charge in [-0.3, -0.25) is 9.59 Å². The summed E-state index contributed by atoms with van der Waals surface area (Å²) in [5.41, 5.74) is 0. The lowest BCUT2D eigenvalue weighted by Crippen LogP contribution is -2.22. The summed E-state index contributed by atoms with van der Waals surface area (Å²) >= 11 is 0. The Morgan fingerprint density at radius 1 is 1.37 bits per heavy atom. The molecule has 3 nitrogen and oxygen atoms in total. The van der Waals surface area contributed by atoms with Crippen LogP contribution in [0, 0.1) is 5.92 Å². The predicted molar refractivity (Wildman–Crippen MR) is 84.4 cm³/mol. The molecule has 0 saturated heterocycles. The molecule has 0 aliphatic carbocycles. The fourth-order valence-electron chi connectivity index (χ4n) is 1.31. The van der Waals surface area contributed by atoms with E-state index in [-0.39, 0.29) is 28.8 Å². The second-order valence-electron chi connectivity index (χ2n) is 5.27. The first-order chi connectivity index (χ1) is 8.80. The van der Waals surface area contributed by atoms with E-state index in [9.17, 15) is 9.59 Å². The molecule has 19 heavy (non-hydrogen) atoms. The van der Waals surface area contributed by atoms with E-state index in [1.807, 2.05) is 0 Å². The Morgan fingerprint density at radius 2 is 2.00 bits per heavy atom. The van der Waals surface area contributed by atoms with Gasteiger partial charge in [0.05, 0.1) is 13.0 Å². The van der Waals surface area contributed by atoms with Gasteiger partial charge in [0, 0.05) is 23.3 Å². The molecule has 0 aliphatic rings. The van der Waals surface area contributed by atoms with Gasteiger partial charge in [0.2, 0.25) is 0 Å². The number of methoxy groups -OCH3 is 1. The molecule has 0 spiro atoms. The molecule has 0 aromatic heterocycles. The van der Waals surface area contributed by atoms with E-state index < -0.39 is 0 Å². The first kappa shape index (κ1) is 18.6. The van der Waals surface area contributed by atoms with E-state index in [4.69, 9.17) is 4.74 Å². The number of Topliss-reactive ketones (excluding diaryl/α,β-unsaturated/α-hetero) is 1. The standard InChI is InChI=1S/C14H24O3S2/c1-6-7-8-12(15)9-11(13(16)17-5)10-18-19-14(2,3)4/h6,11H,1,7-10H2,2-5H3. The second-order valence-corrected chi connectivity index (χ2v) is 8.44. The van der Waals surface area contributed by atoms with E-state index >= 15 is 0 Å². The van der Waals surface area contributed by atoms with Gasteiger partial charge in [-0.25, -0.2) is 0 Å². The minimum atomic E-state index is -0.345. The molecule has 0 amide bonds. The van der Waals surface area contributed by atoms with Crippen LogP contribution >= 0.6 is 21.6 Å². The van der Waals surface area contributed by atoms with Crippen molar-refractivity contribution in [3.63, 3.8) is 0 Å². The molecule has 0 aromatic carbocycles. The molecular weight excluding hydrogens is 280 g/mol. The van der Waals surface area contributed by atoms with Crippen molar-refractivity contribution in [1.82, 2.24) is 0 Å². The number of ketones is 1. The summed E-state index contributed by atoms with van der Waals surface area (Å²) in [5, 5.41) is 0. The smallest absolute Gasteiger partial charge is 0.309 e. The van der Waals surface area contributed by atoms with Crippen LogP contribution in [0.25, 0.3) is 0 Å². The van der Waals surface area contributed by atoms with Gasteiger partial charge in [-0.15, -0.1) is 6.58 Å². The van der Waals surface area contributed by atoms with Gasteiger partial charge in [-0.2, -0.15) is 0 Å². The lowest BCUT2D eigenvalue weighted by atomic mass is 10.0. The third-order valence-electron chi connectivity index (χ3n) is 2.21. The van der Waals surface area contributed by atoms with Crippen LogP contribution in [0.3, 0.4) is 0 Å². The van der Waals surface area contributed by atoms with Gasteiger partial charge >= 0.3 is 5.97 Å². The highest BCUT2D eigenvalue weighted by molar-refractivity contribution is 8.77. The average Bonchev–Trinajstić information content (AvgIpc) is 2.32. The molecule has 1 atom stereocenters. The molecule has 0 rings (SSSR count). The summed E-state index contributed by atoms with van der Waals surface area (Å²) in [7, 11) is 4.70.